The fourth-order valence-electron chi connectivity index (χ4n) is 2.50. The largest absolute Gasteiger partial charge is 0.135 e. The van der Waals surface area contributed by atoms with Gasteiger partial charge in [-0.05, 0) is 46.7 Å². The minimum absolute atomic E-state index is 0.984. The van der Waals surface area contributed by atoms with Gasteiger partial charge in [0.05, 0.1) is 0 Å². The predicted octanol–water partition coefficient (Wildman–Crippen LogP) is 4.97. The average molecular weight is 390 g/mol. The van der Waals surface area contributed by atoms with Crippen LogP contribution >= 0.6 is 33.9 Å². The van der Waals surface area contributed by atoms with Gasteiger partial charge in [-0.3, -0.25) is 0 Å². The summed E-state index contributed by atoms with van der Waals surface area (Å²) in [6.45, 7) is 6.33. The summed E-state index contributed by atoms with van der Waals surface area (Å²) in [6.07, 6.45) is 5.29. The number of fused-ring (bicyclic) bond motifs is 3. The smallest absolute Gasteiger partial charge is 0.0433 e. The van der Waals surface area contributed by atoms with Crippen molar-refractivity contribution in [3.63, 3.8) is 0 Å². The SMILES string of the molecule is C=c1sc2c(ccc3ccccc32)/c1=C(\I)C/C=C\C. The maximum Gasteiger partial charge on any atom is 0.0433 e. The van der Waals surface area contributed by atoms with Gasteiger partial charge in [0.2, 0.25) is 0 Å². The highest BCUT2D eigenvalue weighted by Crippen LogP contribution is 2.26. The third-order valence-electron chi connectivity index (χ3n) is 3.46. The Morgan fingerprint density at radius 3 is 2.80 bits per heavy atom. The van der Waals surface area contributed by atoms with Gasteiger partial charge in [-0.1, -0.05) is 55.1 Å². The quantitative estimate of drug-likeness (QED) is 0.428. The molecule has 1 aromatic heterocycles. The first kappa shape index (κ1) is 13.8. The second-order valence-electron chi connectivity index (χ2n) is 4.74. The predicted molar refractivity (Wildman–Crippen MR) is 101 cm³/mol. The van der Waals surface area contributed by atoms with Crippen LogP contribution in [0.2, 0.25) is 0 Å². The Balaban J connectivity index is 2.44. The summed E-state index contributed by atoms with van der Waals surface area (Å²) in [5.74, 6) is 0. The molecule has 0 atom stereocenters. The van der Waals surface area contributed by atoms with E-state index in [4.69, 9.17) is 0 Å². The number of rotatable bonds is 2. The van der Waals surface area contributed by atoms with Gasteiger partial charge in [-0.25, -0.2) is 0 Å². The maximum atomic E-state index is 4.26. The van der Waals surface area contributed by atoms with Crippen LogP contribution in [0.1, 0.15) is 13.3 Å². The molecule has 0 fully saturated rings. The fourth-order valence-corrected chi connectivity index (χ4v) is 4.71. The lowest BCUT2D eigenvalue weighted by molar-refractivity contribution is 1.44. The highest BCUT2D eigenvalue weighted by atomic mass is 127. The lowest BCUT2D eigenvalue weighted by Crippen LogP contribution is -2.18. The zero-order valence-corrected chi connectivity index (χ0v) is 14.3. The van der Waals surface area contributed by atoms with Crippen molar-refractivity contribution in [3.05, 3.63) is 58.3 Å². The van der Waals surface area contributed by atoms with Crippen molar-refractivity contribution in [1.82, 2.24) is 0 Å². The lowest BCUT2D eigenvalue weighted by Gasteiger charge is -1.99. The van der Waals surface area contributed by atoms with Crippen molar-refractivity contribution in [1.29, 1.82) is 0 Å². The number of thiophene rings is 1. The topological polar surface area (TPSA) is 0 Å². The summed E-state index contributed by atoms with van der Waals surface area (Å²) < 4.78 is 3.90. The van der Waals surface area contributed by atoms with Gasteiger partial charge in [0.15, 0.2) is 0 Å². The molecule has 1 heterocycles. The van der Waals surface area contributed by atoms with Crippen LogP contribution in [0.25, 0.3) is 31.0 Å². The Labute approximate surface area is 136 Å². The first-order valence-corrected chi connectivity index (χ1v) is 8.51. The van der Waals surface area contributed by atoms with Gasteiger partial charge in [0.1, 0.15) is 0 Å². The lowest BCUT2D eigenvalue weighted by atomic mass is 10.1. The van der Waals surface area contributed by atoms with Gasteiger partial charge < -0.3 is 0 Å². The van der Waals surface area contributed by atoms with Gasteiger partial charge >= 0.3 is 0 Å². The van der Waals surface area contributed by atoms with Crippen LogP contribution < -0.4 is 9.75 Å². The molecule has 2 aromatic carbocycles. The summed E-state index contributed by atoms with van der Waals surface area (Å²) in [5.41, 5.74) is 0. The normalized spacial score (nSPS) is 13.5. The molecule has 0 aliphatic carbocycles. The standard InChI is InChI=1S/C18H15IS/c1-3-4-9-16(19)17-12(2)20-18-14-8-6-5-7-13(14)10-11-15(17)18/h3-8,10-11H,2,9H2,1H3/b4-3-,17-16-. The van der Waals surface area contributed by atoms with Crippen LogP contribution in [0.5, 0.6) is 0 Å². The molecule has 0 aliphatic rings. The molecule has 0 N–H and O–H groups in total. The zero-order valence-electron chi connectivity index (χ0n) is 11.3. The molecule has 3 rings (SSSR count). The molecule has 0 amide bonds. The summed E-state index contributed by atoms with van der Waals surface area (Å²) in [4.78, 5) is 0. The summed E-state index contributed by atoms with van der Waals surface area (Å²) >= 11 is 4.27. The van der Waals surface area contributed by atoms with Gasteiger partial charge in [-0.15, -0.1) is 11.3 Å². The monoisotopic (exact) mass is 390 g/mol. The van der Waals surface area contributed by atoms with E-state index in [9.17, 15) is 0 Å². The fraction of sp³-hybridized carbons (Fsp3) is 0.111. The van der Waals surface area contributed by atoms with Crippen LogP contribution in [-0.2, 0) is 0 Å². The Morgan fingerprint density at radius 1 is 1.20 bits per heavy atom. The molecule has 0 radical (unpaired) electrons. The van der Waals surface area contributed by atoms with E-state index in [1.165, 1.54) is 34.2 Å². The zero-order chi connectivity index (χ0) is 14.1. The third kappa shape index (κ3) is 2.31. The molecule has 0 spiro atoms. The van der Waals surface area contributed by atoms with E-state index in [-0.39, 0.29) is 0 Å². The van der Waals surface area contributed by atoms with E-state index in [1.807, 2.05) is 11.3 Å². The van der Waals surface area contributed by atoms with E-state index < -0.39 is 0 Å². The van der Waals surface area contributed by atoms with Crippen molar-refractivity contribution in [2.24, 2.45) is 0 Å². The van der Waals surface area contributed by atoms with Crippen LogP contribution in [0.4, 0.5) is 0 Å². The van der Waals surface area contributed by atoms with E-state index in [0.717, 1.165) is 6.42 Å². The summed E-state index contributed by atoms with van der Waals surface area (Å²) in [5, 5.41) is 5.31. The highest BCUT2D eigenvalue weighted by Gasteiger charge is 2.06. The number of benzene rings is 2. The molecular formula is C18H15IS. The second-order valence-corrected chi connectivity index (χ2v) is 7.15. The first-order chi connectivity index (χ1) is 9.72. The summed E-state index contributed by atoms with van der Waals surface area (Å²) in [7, 11) is 0. The molecule has 0 bridgehead atoms. The van der Waals surface area contributed by atoms with Gasteiger partial charge in [0.25, 0.3) is 0 Å². The number of hydrogen-bond donors (Lipinski definition) is 0. The van der Waals surface area contributed by atoms with Crippen LogP contribution in [-0.4, -0.2) is 0 Å². The first-order valence-electron chi connectivity index (χ1n) is 6.61. The molecule has 0 saturated heterocycles. The van der Waals surface area contributed by atoms with E-state index in [1.54, 1.807) is 0 Å². The van der Waals surface area contributed by atoms with Crippen molar-refractivity contribution < 1.29 is 0 Å². The second kappa shape index (κ2) is 5.70. The Morgan fingerprint density at radius 2 is 2.00 bits per heavy atom. The van der Waals surface area contributed by atoms with Crippen molar-refractivity contribution in [2.45, 2.75) is 13.3 Å². The summed E-state index contributed by atoms with van der Waals surface area (Å²) in [6, 6.07) is 13.0. The molecule has 20 heavy (non-hydrogen) atoms. The average Bonchev–Trinajstić information content (AvgIpc) is 2.81. The van der Waals surface area contributed by atoms with Crippen LogP contribution in [0.3, 0.4) is 0 Å². The number of allylic oxidation sites excluding steroid dienone is 2. The Bertz CT molecular complexity index is 916. The van der Waals surface area contributed by atoms with Crippen molar-refractivity contribution in [3.8, 4) is 0 Å². The number of hydrogen-bond acceptors (Lipinski definition) is 1. The molecule has 3 aromatic rings. The minimum atomic E-state index is 0.984. The third-order valence-corrected chi connectivity index (χ3v) is 5.53. The van der Waals surface area contributed by atoms with E-state index in [2.05, 4.69) is 84.6 Å². The highest BCUT2D eigenvalue weighted by molar-refractivity contribution is 14.1. The maximum absolute atomic E-state index is 4.26. The molecule has 0 aliphatic heterocycles. The molecule has 0 saturated carbocycles. The molecule has 2 heteroatoms. The van der Waals surface area contributed by atoms with Crippen molar-refractivity contribution >= 4 is 64.9 Å². The van der Waals surface area contributed by atoms with Gasteiger partial charge in [-0.2, -0.15) is 0 Å². The van der Waals surface area contributed by atoms with Crippen molar-refractivity contribution in [2.75, 3.05) is 0 Å². The number of halogens is 1. The molecular weight excluding hydrogens is 375 g/mol. The molecule has 0 unspecified atom stereocenters. The molecule has 0 nitrogen and oxygen atoms in total. The van der Waals surface area contributed by atoms with Crippen LogP contribution in [0, 0.1) is 0 Å². The minimum Gasteiger partial charge on any atom is -0.135 e. The van der Waals surface area contributed by atoms with Gasteiger partial charge in [0, 0.05) is 23.4 Å². The Hall–Kier alpha value is -1.13. The van der Waals surface area contributed by atoms with E-state index in [0.29, 0.717) is 0 Å². The Kier molecular flexibility index (Phi) is 3.94. The van der Waals surface area contributed by atoms with Crippen LogP contribution in [0.15, 0.2) is 48.6 Å². The van der Waals surface area contributed by atoms with E-state index >= 15 is 0 Å². The molecule has 100 valence electrons.